The summed E-state index contributed by atoms with van der Waals surface area (Å²) in [5.41, 5.74) is 2.99. The first kappa shape index (κ1) is 7.86. The van der Waals surface area contributed by atoms with Crippen LogP contribution in [0.1, 0.15) is 18.4 Å². The summed E-state index contributed by atoms with van der Waals surface area (Å²) in [6, 6.07) is 7.53. The molecule has 0 spiro atoms. The van der Waals surface area contributed by atoms with Gasteiger partial charge in [0.25, 0.3) is 0 Å². The van der Waals surface area contributed by atoms with E-state index in [4.69, 9.17) is 0 Å². The van der Waals surface area contributed by atoms with Gasteiger partial charge in [0, 0.05) is 22.7 Å². The molecule has 0 saturated heterocycles. The summed E-state index contributed by atoms with van der Waals surface area (Å²) in [7, 11) is 0. The van der Waals surface area contributed by atoms with Gasteiger partial charge in [-0.05, 0) is 43.0 Å². The Morgan fingerprint density at radius 2 is 2.15 bits per heavy atom. The first-order chi connectivity index (χ1) is 6.34. The molecule has 1 saturated carbocycles. The average Bonchev–Trinajstić information content (AvgIpc) is 2.87. The third kappa shape index (κ3) is 1.28. The van der Waals surface area contributed by atoms with Gasteiger partial charge in [-0.1, -0.05) is 15.9 Å². The molecule has 3 rings (SSSR count). The van der Waals surface area contributed by atoms with E-state index in [1.54, 1.807) is 0 Å². The second-order valence-corrected chi connectivity index (χ2v) is 4.86. The number of anilines is 1. The monoisotopic (exact) mass is 237 g/mol. The van der Waals surface area contributed by atoms with E-state index in [-0.39, 0.29) is 0 Å². The van der Waals surface area contributed by atoms with Crippen molar-refractivity contribution in [2.75, 3.05) is 11.4 Å². The Hall–Kier alpha value is -0.500. The van der Waals surface area contributed by atoms with E-state index in [0.717, 1.165) is 6.04 Å². The first-order valence-electron chi connectivity index (χ1n) is 4.90. The lowest BCUT2D eigenvalue weighted by Crippen LogP contribution is -2.22. The molecule has 0 bridgehead atoms. The van der Waals surface area contributed by atoms with Crippen LogP contribution in [0.2, 0.25) is 0 Å². The van der Waals surface area contributed by atoms with Crippen LogP contribution in [0.5, 0.6) is 0 Å². The van der Waals surface area contributed by atoms with Gasteiger partial charge in [-0.15, -0.1) is 0 Å². The molecule has 0 unspecified atom stereocenters. The zero-order valence-corrected chi connectivity index (χ0v) is 9.05. The summed E-state index contributed by atoms with van der Waals surface area (Å²) in [4.78, 5) is 2.57. The number of halogens is 1. The Bertz CT molecular complexity index is 344. The fraction of sp³-hybridized carbons (Fsp3) is 0.455. The third-order valence-corrected chi connectivity index (χ3v) is 3.45. The van der Waals surface area contributed by atoms with Crippen LogP contribution in [0.25, 0.3) is 0 Å². The smallest absolute Gasteiger partial charge is 0.0402 e. The predicted octanol–water partition coefficient (Wildman–Crippen LogP) is 2.97. The molecule has 0 radical (unpaired) electrons. The molecule has 1 aliphatic carbocycles. The third-order valence-electron chi connectivity index (χ3n) is 2.96. The summed E-state index contributed by atoms with van der Waals surface area (Å²) in [6.45, 7) is 1.23. The number of hydrogen-bond acceptors (Lipinski definition) is 1. The molecule has 1 nitrogen and oxygen atoms in total. The van der Waals surface area contributed by atoms with Gasteiger partial charge in [0.1, 0.15) is 0 Å². The number of rotatable bonds is 1. The molecule has 2 aliphatic rings. The van der Waals surface area contributed by atoms with Crippen LogP contribution in [0.3, 0.4) is 0 Å². The SMILES string of the molecule is Brc1ccc2c(c1)CCN2C1CC1. The quantitative estimate of drug-likeness (QED) is 0.727. The van der Waals surface area contributed by atoms with Gasteiger partial charge < -0.3 is 4.90 Å². The van der Waals surface area contributed by atoms with Crippen molar-refractivity contribution in [3.8, 4) is 0 Å². The minimum Gasteiger partial charge on any atom is -0.368 e. The number of benzene rings is 1. The lowest BCUT2D eigenvalue weighted by Gasteiger charge is -2.18. The molecule has 1 aromatic carbocycles. The van der Waals surface area contributed by atoms with Crippen LogP contribution in [0.15, 0.2) is 22.7 Å². The summed E-state index contributed by atoms with van der Waals surface area (Å²) < 4.78 is 1.21. The van der Waals surface area contributed by atoms with E-state index in [9.17, 15) is 0 Å². The zero-order chi connectivity index (χ0) is 8.84. The van der Waals surface area contributed by atoms with Crippen molar-refractivity contribution in [2.24, 2.45) is 0 Å². The highest BCUT2D eigenvalue weighted by atomic mass is 79.9. The highest BCUT2D eigenvalue weighted by Crippen LogP contribution is 2.38. The van der Waals surface area contributed by atoms with Gasteiger partial charge in [0.15, 0.2) is 0 Å². The number of nitrogens with zero attached hydrogens (tertiary/aromatic N) is 1. The molecule has 68 valence electrons. The summed E-state index contributed by atoms with van der Waals surface area (Å²) >= 11 is 3.52. The fourth-order valence-electron chi connectivity index (χ4n) is 2.16. The van der Waals surface area contributed by atoms with Crippen molar-refractivity contribution in [3.63, 3.8) is 0 Å². The largest absolute Gasteiger partial charge is 0.368 e. The molecule has 2 heteroatoms. The number of hydrogen-bond donors (Lipinski definition) is 0. The summed E-state index contributed by atoms with van der Waals surface area (Å²) in [5, 5.41) is 0. The minimum absolute atomic E-state index is 0.863. The van der Waals surface area contributed by atoms with E-state index < -0.39 is 0 Å². The molecule has 0 aromatic heterocycles. The number of fused-ring (bicyclic) bond motifs is 1. The van der Waals surface area contributed by atoms with E-state index >= 15 is 0 Å². The molecule has 1 aromatic rings. The van der Waals surface area contributed by atoms with Crippen LogP contribution in [0.4, 0.5) is 5.69 Å². The van der Waals surface area contributed by atoms with Gasteiger partial charge >= 0.3 is 0 Å². The van der Waals surface area contributed by atoms with E-state index in [2.05, 4.69) is 39.0 Å². The molecule has 0 atom stereocenters. The lowest BCUT2D eigenvalue weighted by atomic mass is 10.2. The molecular weight excluding hydrogens is 226 g/mol. The Balaban J connectivity index is 2.01. The van der Waals surface area contributed by atoms with Gasteiger partial charge in [-0.3, -0.25) is 0 Å². The molecule has 0 amide bonds. The molecule has 1 heterocycles. The molecule has 13 heavy (non-hydrogen) atoms. The first-order valence-corrected chi connectivity index (χ1v) is 5.69. The van der Waals surface area contributed by atoms with Gasteiger partial charge in [0.2, 0.25) is 0 Å². The standard InChI is InChI=1S/C11H12BrN/c12-9-1-4-11-8(7-9)5-6-13(11)10-2-3-10/h1,4,7,10H,2-3,5-6H2. The zero-order valence-electron chi connectivity index (χ0n) is 7.46. The maximum Gasteiger partial charge on any atom is 0.0402 e. The van der Waals surface area contributed by atoms with Gasteiger partial charge in [-0.25, -0.2) is 0 Å². The van der Waals surface area contributed by atoms with Crippen LogP contribution in [-0.2, 0) is 6.42 Å². The Morgan fingerprint density at radius 3 is 2.92 bits per heavy atom. The van der Waals surface area contributed by atoms with Crippen molar-refractivity contribution in [3.05, 3.63) is 28.2 Å². The van der Waals surface area contributed by atoms with Crippen LogP contribution in [0, 0.1) is 0 Å². The van der Waals surface area contributed by atoms with Crippen LogP contribution < -0.4 is 4.90 Å². The maximum absolute atomic E-state index is 3.52. The maximum atomic E-state index is 3.52. The van der Waals surface area contributed by atoms with E-state index in [1.165, 1.54) is 41.5 Å². The Kier molecular flexibility index (Phi) is 1.66. The highest BCUT2D eigenvalue weighted by Gasteiger charge is 2.32. The lowest BCUT2D eigenvalue weighted by molar-refractivity contribution is 0.831. The summed E-state index contributed by atoms with van der Waals surface area (Å²) in [5.74, 6) is 0. The van der Waals surface area contributed by atoms with Crippen molar-refractivity contribution in [2.45, 2.75) is 25.3 Å². The highest BCUT2D eigenvalue weighted by molar-refractivity contribution is 9.10. The summed E-state index contributed by atoms with van der Waals surface area (Å²) in [6.07, 6.45) is 4.02. The molecule has 1 fully saturated rings. The van der Waals surface area contributed by atoms with Gasteiger partial charge in [0.05, 0.1) is 0 Å². The van der Waals surface area contributed by atoms with Crippen molar-refractivity contribution in [1.82, 2.24) is 0 Å². The Morgan fingerprint density at radius 1 is 1.31 bits per heavy atom. The fourth-order valence-corrected chi connectivity index (χ4v) is 2.57. The minimum atomic E-state index is 0.863. The topological polar surface area (TPSA) is 3.24 Å². The van der Waals surface area contributed by atoms with Crippen LogP contribution >= 0.6 is 15.9 Å². The van der Waals surface area contributed by atoms with Gasteiger partial charge in [-0.2, -0.15) is 0 Å². The molecular formula is C11H12BrN. The normalized spacial score (nSPS) is 20.5. The van der Waals surface area contributed by atoms with Crippen molar-refractivity contribution < 1.29 is 0 Å². The van der Waals surface area contributed by atoms with Crippen molar-refractivity contribution in [1.29, 1.82) is 0 Å². The Labute approximate surface area is 86.9 Å². The van der Waals surface area contributed by atoms with Crippen LogP contribution in [-0.4, -0.2) is 12.6 Å². The molecule has 0 N–H and O–H groups in total. The average molecular weight is 238 g/mol. The second kappa shape index (κ2) is 2.74. The van der Waals surface area contributed by atoms with Crippen molar-refractivity contribution >= 4 is 21.6 Å². The van der Waals surface area contributed by atoms with E-state index in [1.807, 2.05) is 0 Å². The predicted molar refractivity (Wildman–Crippen MR) is 58.2 cm³/mol. The second-order valence-electron chi connectivity index (χ2n) is 3.95. The molecule has 1 aliphatic heterocycles. The van der Waals surface area contributed by atoms with E-state index in [0.29, 0.717) is 0 Å².